The Morgan fingerprint density at radius 1 is 1.20 bits per heavy atom. The summed E-state index contributed by atoms with van der Waals surface area (Å²) in [5.41, 5.74) is 0.383. The molecular weight excluding hydrogens is 319 g/mol. The van der Waals surface area contributed by atoms with E-state index in [1.165, 1.54) is 0 Å². The van der Waals surface area contributed by atoms with Crippen molar-refractivity contribution in [3.8, 4) is 0 Å². The molecule has 2 aliphatic rings. The molecule has 1 unspecified atom stereocenters. The minimum atomic E-state index is -1.60. The maximum Gasteiger partial charge on any atom is 0.261 e. The Kier molecular flexibility index (Phi) is 5.11. The summed E-state index contributed by atoms with van der Waals surface area (Å²) < 4.78 is 14.5. The van der Waals surface area contributed by atoms with Crippen molar-refractivity contribution < 1.29 is 14.0 Å². The lowest BCUT2D eigenvalue weighted by atomic mass is 9.77. The number of piperidine rings is 1. The van der Waals surface area contributed by atoms with Crippen molar-refractivity contribution in [2.24, 2.45) is 11.3 Å². The van der Waals surface area contributed by atoms with E-state index in [4.69, 9.17) is 0 Å². The fraction of sp³-hybridized carbons (Fsp3) is 0.600. The second kappa shape index (κ2) is 7.14. The monoisotopic (exact) mass is 346 g/mol. The molecule has 0 radical (unpaired) electrons. The second-order valence-corrected chi connectivity index (χ2v) is 7.94. The normalized spacial score (nSPS) is 21.2. The minimum Gasteiger partial charge on any atom is -0.342 e. The molecule has 1 aromatic carbocycles. The van der Waals surface area contributed by atoms with E-state index in [-0.39, 0.29) is 11.3 Å². The molecule has 0 aliphatic carbocycles. The van der Waals surface area contributed by atoms with Gasteiger partial charge in [0.25, 0.3) is 5.91 Å². The van der Waals surface area contributed by atoms with Crippen LogP contribution in [-0.4, -0.2) is 47.8 Å². The van der Waals surface area contributed by atoms with Crippen molar-refractivity contribution in [2.75, 3.05) is 26.2 Å². The van der Waals surface area contributed by atoms with Gasteiger partial charge in [0.15, 0.2) is 0 Å². The Morgan fingerprint density at radius 3 is 2.44 bits per heavy atom. The first kappa shape index (κ1) is 17.9. The van der Waals surface area contributed by atoms with E-state index in [1.807, 2.05) is 11.0 Å². The van der Waals surface area contributed by atoms with E-state index in [0.29, 0.717) is 31.0 Å². The van der Waals surface area contributed by atoms with Gasteiger partial charge in [-0.15, -0.1) is 0 Å². The fourth-order valence-electron chi connectivity index (χ4n) is 4.05. The Hall–Kier alpha value is -1.91. The molecule has 2 amide bonds. The van der Waals surface area contributed by atoms with Crippen LogP contribution in [0.3, 0.4) is 0 Å². The molecule has 2 fully saturated rings. The van der Waals surface area contributed by atoms with Crippen molar-refractivity contribution >= 4 is 11.8 Å². The van der Waals surface area contributed by atoms with Crippen LogP contribution in [0.5, 0.6) is 0 Å². The Balaban J connectivity index is 1.59. The Labute approximate surface area is 149 Å². The predicted octanol–water partition coefficient (Wildman–Crippen LogP) is 3.19. The largest absolute Gasteiger partial charge is 0.342 e. The maximum absolute atomic E-state index is 14.5. The van der Waals surface area contributed by atoms with Crippen LogP contribution >= 0.6 is 0 Å². The summed E-state index contributed by atoms with van der Waals surface area (Å²) in [6, 6.07) is 8.59. The van der Waals surface area contributed by atoms with Gasteiger partial charge in [-0.3, -0.25) is 9.59 Å². The smallest absolute Gasteiger partial charge is 0.261 e. The third-order valence-electron chi connectivity index (χ3n) is 5.44. The molecule has 2 aliphatic heterocycles. The number of rotatable bonds is 4. The number of benzene rings is 1. The van der Waals surface area contributed by atoms with Crippen LogP contribution in [-0.2, 0) is 9.59 Å². The van der Waals surface area contributed by atoms with E-state index in [0.717, 1.165) is 25.9 Å². The zero-order valence-electron chi connectivity index (χ0n) is 15.1. The average molecular weight is 346 g/mol. The van der Waals surface area contributed by atoms with Gasteiger partial charge in [0.2, 0.25) is 12.1 Å². The zero-order valence-corrected chi connectivity index (χ0v) is 15.1. The SMILES string of the molecule is CC(C)CN1CC2(CCN(C(=O)C(F)c3ccccc3)CC2)CC1=O. The van der Waals surface area contributed by atoms with Crippen LogP contribution in [0.2, 0.25) is 0 Å². The topological polar surface area (TPSA) is 40.6 Å². The molecule has 0 saturated carbocycles. The number of hydrogen-bond acceptors (Lipinski definition) is 2. The molecule has 1 spiro atoms. The van der Waals surface area contributed by atoms with Crippen molar-refractivity contribution in [2.45, 2.75) is 39.3 Å². The van der Waals surface area contributed by atoms with Crippen LogP contribution in [0.1, 0.15) is 44.8 Å². The molecule has 0 bridgehead atoms. The van der Waals surface area contributed by atoms with Gasteiger partial charge >= 0.3 is 0 Å². The zero-order chi connectivity index (χ0) is 18.0. The summed E-state index contributed by atoms with van der Waals surface area (Å²) in [5, 5.41) is 0. The number of amides is 2. The van der Waals surface area contributed by atoms with Gasteiger partial charge in [0.1, 0.15) is 0 Å². The maximum atomic E-state index is 14.5. The summed E-state index contributed by atoms with van der Waals surface area (Å²) in [7, 11) is 0. The van der Waals surface area contributed by atoms with Gasteiger partial charge < -0.3 is 9.80 Å². The molecule has 25 heavy (non-hydrogen) atoms. The summed E-state index contributed by atoms with van der Waals surface area (Å²) in [6.07, 6.45) is 0.526. The first-order chi connectivity index (χ1) is 11.9. The lowest BCUT2D eigenvalue weighted by Gasteiger charge is -2.39. The number of nitrogens with zero attached hydrogens (tertiary/aromatic N) is 2. The summed E-state index contributed by atoms with van der Waals surface area (Å²) in [5.74, 6) is 0.226. The average Bonchev–Trinajstić information content (AvgIpc) is 2.89. The molecule has 2 heterocycles. The number of alkyl halides is 1. The highest BCUT2D eigenvalue weighted by Crippen LogP contribution is 2.41. The third-order valence-corrected chi connectivity index (χ3v) is 5.44. The summed E-state index contributed by atoms with van der Waals surface area (Å²) in [6.45, 7) is 6.88. The summed E-state index contributed by atoms with van der Waals surface area (Å²) in [4.78, 5) is 28.3. The highest BCUT2D eigenvalue weighted by molar-refractivity contribution is 5.82. The van der Waals surface area contributed by atoms with Gasteiger partial charge in [-0.05, 0) is 24.3 Å². The first-order valence-electron chi connectivity index (χ1n) is 9.16. The number of hydrogen-bond donors (Lipinski definition) is 0. The van der Waals surface area contributed by atoms with Gasteiger partial charge in [0, 0.05) is 38.0 Å². The molecule has 4 nitrogen and oxygen atoms in total. The molecular formula is C20H27FN2O2. The first-order valence-corrected chi connectivity index (χ1v) is 9.16. The highest BCUT2D eigenvalue weighted by Gasteiger charge is 2.45. The van der Waals surface area contributed by atoms with E-state index in [2.05, 4.69) is 13.8 Å². The molecule has 0 N–H and O–H groups in total. The molecule has 1 atom stereocenters. The van der Waals surface area contributed by atoms with E-state index < -0.39 is 12.1 Å². The van der Waals surface area contributed by atoms with Crippen LogP contribution < -0.4 is 0 Å². The van der Waals surface area contributed by atoms with Crippen molar-refractivity contribution in [1.82, 2.24) is 9.80 Å². The van der Waals surface area contributed by atoms with Crippen molar-refractivity contribution in [1.29, 1.82) is 0 Å². The number of carbonyl (C=O) groups is 2. The van der Waals surface area contributed by atoms with E-state index >= 15 is 0 Å². The molecule has 2 saturated heterocycles. The Morgan fingerprint density at radius 2 is 1.84 bits per heavy atom. The summed E-state index contributed by atoms with van der Waals surface area (Å²) >= 11 is 0. The van der Waals surface area contributed by atoms with E-state index in [1.54, 1.807) is 29.2 Å². The quantitative estimate of drug-likeness (QED) is 0.840. The molecule has 3 rings (SSSR count). The van der Waals surface area contributed by atoms with Gasteiger partial charge in [-0.25, -0.2) is 4.39 Å². The number of carbonyl (C=O) groups excluding carboxylic acids is 2. The van der Waals surface area contributed by atoms with Crippen LogP contribution in [0.4, 0.5) is 4.39 Å². The van der Waals surface area contributed by atoms with Crippen LogP contribution in [0, 0.1) is 11.3 Å². The van der Waals surface area contributed by atoms with Gasteiger partial charge in [-0.2, -0.15) is 0 Å². The van der Waals surface area contributed by atoms with Gasteiger partial charge in [0.05, 0.1) is 0 Å². The minimum absolute atomic E-state index is 0.0265. The van der Waals surface area contributed by atoms with Crippen molar-refractivity contribution in [3.05, 3.63) is 35.9 Å². The van der Waals surface area contributed by atoms with Gasteiger partial charge in [-0.1, -0.05) is 44.2 Å². The molecule has 0 aromatic heterocycles. The Bertz CT molecular complexity index is 624. The fourth-order valence-corrected chi connectivity index (χ4v) is 4.05. The third kappa shape index (κ3) is 3.86. The molecule has 136 valence electrons. The molecule has 1 aromatic rings. The van der Waals surface area contributed by atoms with Crippen molar-refractivity contribution in [3.63, 3.8) is 0 Å². The molecule has 5 heteroatoms. The number of halogens is 1. The lowest BCUT2D eigenvalue weighted by Crippen LogP contribution is -2.45. The standard InChI is InChI=1S/C20H27FN2O2/c1-15(2)13-23-14-20(12-17(23)24)8-10-22(11-9-20)19(25)18(21)16-6-4-3-5-7-16/h3-7,15,18H,8-14H2,1-2H3. The van der Waals surface area contributed by atoms with Crippen LogP contribution in [0.25, 0.3) is 0 Å². The number of likely N-dealkylation sites (tertiary alicyclic amines) is 2. The predicted molar refractivity (Wildman–Crippen MR) is 94.6 cm³/mol. The second-order valence-electron chi connectivity index (χ2n) is 7.94. The van der Waals surface area contributed by atoms with E-state index in [9.17, 15) is 14.0 Å². The lowest BCUT2D eigenvalue weighted by molar-refractivity contribution is -0.139. The highest BCUT2D eigenvalue weighted by atomic mass is 19.1. The van der Waals surface area contributed by atoms with Crippen LogP contribution in [0.15, 0.2) is 30.3 Å².